The molecule has 0 aliphatic carbocycles. The summed E-state index contributed by atoms with van der Waals surface area (Å²) in [6.45, 7) is 0. The van der Waals surface area contributed by atoms with Crippen LogP contribution in [0.1, 0.15) is 20.7 Å². The van der Waals surface area contributed by atoms with E-state index in [0.717, 1.165) is 4.90 Å². The number of rotatable bonds is 5. The van der Waals surface area contributed by atoms with E-state index in [4.69, 9.17) is 23.2 Å². The molecule has 6 nitrogen and oxygen atoms in total. The van der Waals surface area contributed by atoms with Gasteiger partial charge >= 0.3 is 0 Å². The lowest BCUT2D eigenvalue weighted by Gasteiger charge is -2.32. The van der Waals surface area contributed by atoms with Gasteiger partial charge in [-0.1, -0.05) is 59.6 Å². The Bertz CT molecular complexity index is 1530. The molecule has 0 aromatic heterocycles. The van der Waals surface area contributed by atoms with Crippen LogP contribution in [-0.4, -0.2) is 40.4 Å². The van der Waals surface area contributed by atoms with Crippen molar-refractivity contribution < 1.29 is 19.2 Å². The number of nitrogens with zero attached hydrogens (tertiary/aromatic N) is 2. The highest BCUT2D eigenvalue weighted by atomic mass is 35.5. The second kappa shape index (κ2) is 9.39. The van der Waals surface area contributed by atoms with Crippen LogP contribution in [-0.2, 0) is 9.59 Å². The van der Waals surface area contributed by atoms with E-state index in [9.17, 15) is 19.2 Å². The number of Topliss-reactive ketones (excluding diaryl/α,β-unsaturated/α-hetero) is 2. The summed E-state index contributed by atoms with van der Waals surface area (Å²) >= 11 is 12.0. The zero-order chi connectivity index (χ0) is 26.6. The van der Waals surface area contributed by atoms with Gasteiger partial charge in [-0.25, -0.2) is 4.90 Å². The summed E-state index contributed by atoms with van der Waals surface area (Å²) in [5.74, 6) is -3.14. The van der Waals surface area contributed by atoms with Gasteiger partial charge in [-0.15, -0.1) is 0 Å². The van der Waals surface area contributed by atoms with Crippen LogP contribution in [0.2, 0.25) is 10.0 Å². The Hall–Kier alpha value is -4.00. The Morgan fingerprint density at radius 1 is 0.711 bits per heavy atom. The number of ketones is 2. The van der Waals surface area contributed by atoms with Crippen molar-refractivity contribution in [3.63, 3.8) is 0 Å². The first-order chi connectivity index (χ1) is 18.3. The fourth-order valence-corrected chi connectivity index (χ4v) is 5.84. The zero-order valence-corrected chi connectivity index (χ0v) is 21.3. The van der Waals surface area contributed by atoms with Gasteiger partial charge in [0.2, 0.25) is 11.8 Å². The number of allylic oxidation sites excluding steroid dienone is 2. The molecule has 0 radical (unpaired) electrons. The van der Waals surface area contributed by atoms with Gasteiger partial charge in [0, 0.05) is 32.9 Å². The van der Waals surface area contributed by atoms with E-state index >= 15 is 0 Å². The van der Waals surface area contributed by atoms with E-state index in [0.29, 0.717) is 32.4 Å². The van der Waals surface area contributed by atoms with Crippen molar-refractivity contribution in [1.82, 2.24) is 4.90 Å². The van der Waals surface area contributed by atoms with Gasteiger partial charge < -0.3 is 4.90 Å². The molecule has 6 rings (SSSR count). The molecule has 8 heteroatoms. The van der Waals surface area contributed by atoms with Gasteiger partial charge in [0.25, 0.3) is 0 Å². The average Bonchev–Trinajstić information content (AvgIpc) is 3.41. The number of anilines is 1. The lowest BCUT2D eigenvalue weighted by atomic mass is 9.85. The third-order valence-corrected chi connectivity index (χ3v) is 7.83. The molecule has 2 saturated heterocycles. The first kappa shape index (κ1) is 24.3. The van der Waals surface area contributed by atoms with Crippen LogP contribution in [0.4, 0.5) is 5.69 Å². The second-order valence-corrected chi connectivity index (χ2v) is 10.3. The molecule has 0 saturated carbocycles. The highest BCUT2D eigenvalue weighted by Gasteiger charge is 2.63. The normalized spacial score (nSPS) is 23.8. The third-order valence-electron chi connectivity index (χ3n) is 7.33. The molecule has 0 unspecified atom stereocenters. The number of halogens is 2. The Morgan fingerprint density at radius 2 is 1.32 bits per heavy atom. The van der Waals surface area contributed by atoms with E-state index in [1.807, 2.05) is 6.07 Å². The van der Waals surface area contributed by atoms with Gasteiger partial charge in [-0.05, 0) is 54.6 Å². The Morgan fingerprint density at radius 3 is 1.97 bits per heavy atom. The number of carbonyl (C=O) groups is 4. The van der Waals surface area contributed by atoms with Crippen molar-refractivity contribution >= 4 is 52.3 Å². The number of fused-ring (bicyclic) bond motifs is 3. The molecule has 3 heterocycles. The molecule has 3 aliphatic heterocycles. The van der Waals surface area contributed by atoms with E-state index in [-0.39, 0.29) is 11.6 Å². The van der Waals surface area contributed by atoms with Gasteiger partial charge in [-0.2, -0.15) is 0 Å². The summed E-state index contributed by atoms with van der Waals surface area (Å²) < 4.78 is 0. The van der Waals surface area contributed by atoms with E-state index < -0.39 is 35.7 Å². The molecule has 188 valence electrons. The van der Waals surface area contributed by atoms with Crippen molar-refractivity contribution in [2.24, 2.45) is 11.8 Å². The standard InChI is InChI=1S/C30H20Cl2N2O4/c31-20-8-6-18(7-9-20)28(36)26-25-24(29(37)34(30(25)38)22-12-10-21(32)11-13-22)23-16-19(14-15-33(23)26)27(35)17-4-2-1-3-5-17/h1-16,23-26H/t23-,24-,25-,26+/m0/s1. The molecule has 3 aromatic carbocycles. The average molecular weight is 543 g/mol. The molecule has 3 aromatic rings. The topological polar surface area (TPSA) is 74.8 Å². The molecule has 2 amide bonds. The van der Waals surface area contributed by atoms with Gasteiger partial charge in [0.1, 0.15) is 6.04 Å². The fourth-order valence-electron chi connectivity index (χ4n) is 5.58. The molecular formula is C30H20Cl2N2O4. The van der Waals surface area contributed by atoms with Crippen LogP contribution >= 0.6 is 23.2 Å². The summed E-state index contributed by atoms with van der Waals surface area (Å²) in [6.07, 6.45) is 5.00. The van der Waals surface area contributed by atoms with Crippen LogP contribution in [0.15, 0.2) is 103 Å². The SMILES string of the molecule is O=C(C1=C[C@H]2[C@@H]3C(=O)N(c4ccc(Cl)cc4)C(=O)[C@@H]3[C@H](C(=O)c3ccc(Cl)cc3)N2C=C1)c1ccccc1. The molecule has 38 heavy (non-hydrogen) atoms. The Balaban J connectivity index is 1.43. The molecule has 2 fully saturated rings. The van der Waals surface area contributed by atoms with E-state index in [1.54, 1.807) is 96.0 Å². The summed E-state index contributed by atoms with van der Waals surface area (Å²) in [6, 6.07) is 20.1. The Labute approximate surface area is 228 Å². The fraction of sp³-hybridized carbons (Fsp3) is 0.133. The van der Waals surface area contributed by atoms with Crippen molar-refractivity contribution in [3.05, 3.63) is 124 Å². The smallest absolute Gasteiger partial charge is 0.240 e. The number of amides is 2. The van der Waals surface area contributed by atoms with Crippen molar-refractivity contribution in [3.8, 4) is 0 Å². The number of hydrogen-bond donors (Lipinski definition) is 0. The van der Waals surface area contributed by atoms with Gasteiger partial charge in [0.15, 0.2) is 11.6 Å². The second-order valence-electron chi connectivity index (χ2n) is 9.43. The van der Waals surface area contributed by atoms with Crippen molar-refractivity contribution in [1.29, 1.82) is 0 Å². The maximum atomic E-state index is 13.8. The quantitative estimate of drug-likeness (QED) is 0.320. The molecule has 0 spiro atoms. The molecule has 3 aliphatic rings. The number of benzene rings is 3. The molecule has 0 N–H and O–H groups in total. The Kier molecular flexibility index (Phi) is 6.01. The number of hydrogen-bond acceptors (Lipinski definition) is 5. The predicted molar refractivity (Wildman–Crippen MR) is 144 cm³/mol. The lowest BCUT2D eigenvalue weighted by molar-refractivity contribution is -0.123. The van der Waals surface area contributed by atoms with Gasteiger partial charge in [-0.3, -0.25) is 19.2 Å². The minimum Gasteiger partial charge on any atom is -0.359 e. The van der Waals surface area contributed by atoms with Crippen LogP contribution in [0, 0.1) is 11.8 Å². The first-order valence-electron chi connectivity index (χ1n) is 12.1. The highest BCUT2D eigenvalue weighted by Crippen LogP contribution is 2.47. The molecule has 4 atom stereocenters. The summed E-state index contributed by atoms with van der Waals surface area (Å²) in [5, 5.41) is 0.953. The van der Waals surface area contributed by atoms with Crippen LogP contribution in [0.25, 0.3) is 0 Å². The van der Waals surface area contributed by atoms with Crippen molar-refractivity contribution in [2.75, 3.05) is 4.90 Å². The van der Waals surface area contributed by atoms with Crippen LogP contribution < -0.4 is 4.90 Å². The third kappa shape index (κ3) is 3.88. The highest BCUT2D eigenvalue weighted by molar-refractivity contribution is 6.31. The largest absolute Gasteiger partial charge is 0.359 e. The molecular weight excluding hydrogens is 523 g/mol. The zero-order valence-electron chi connectivity index (χ0n) is 19.8. The van der Waals surface area contributed by atoms with Crippen molar-refractivity contribution in [2.45, 2.75) is 12.1 Å². The van der Waals surface area contributed by atoms with Crippen LogP contribution in [0.3, 0.4) is 0 Å². The lowest BCUT2D eigenvalue weighted by Crippen LogP contribution is -2.46. The predicted octanol–water partition coefficient (Wildman–Crippen LogP) is 5.37. The summed E-state index contributed by atoms with van der Waals surface area (Å²) in [5.41, 5.74) is 1.68. The van der Waals surface area contributed by atoms with E-state index in [1.165, 1.54) is 0 Å². The maximum Gasteiger partial charge on any atom is 0.240 e. The summed E-state index contributed by atoms with van der Waals surface area (Å²) in [7, 11) is 0. The first-order valence-corrected chi connectivity index (χ1v) is 12.8. The maximum absolute atomic E-state index is 13.8. The number of imide groups is 1. The molecule has 0 bridgehead atoms. The van der Waals surface area contributed by atoms with E-state index in [2.05, 4.69) is 0 Å². The van der Waals surface area contributed by atoms with Gasteiger partial charge in [0.05, 0.1) is 23.6 Å². The summed E-state index contributed by atoms with van der Waals surface area (Å²) in [4.78, 5) is 57.6. The van der Waals surface area contributed by atoms with Crippen LogP contribution in [0.5, 0.6) is 0 Å². The monoisotopic (exact) mass is 542 g/mol. The minimum absolute atomic E-state index is 0.197. The number of carbonyl (C=O) groups excluding carboxylic acids is 4. The minimum atomic E-state index is -0.932.